The van der Waals surface area contributed by atoms with Gasteiger partial charge in [0.15, 0.2) is 0 Å². The molecule has 1 aromatic carbocycles. The quantitative estimate of drug-likeness (QED) is 0.503. The number of rotatable bonds is 8. The number of carboxylic acids is 1. The predicted molar refractivity (Wildman–Crippen MR) is 94.4 cm³/mol. The molecule has 1 fully saturated rings. The number of aryl methyl sites for hydroxylation is 1. The van der Waals surface area contributed by atoms with Gasteiger partial charge in [-0.15, -0.1) is 0 Å². The summed E-state index contributed by atoms with van der Waals surface area (Å²) in [6.45, 7) is 5.50. The Bertz CT molecular complexity index is 566. The molecule has 1 heterocycles. The number of carbonyl (C=O) groups excluding carboxylic acids is 2. The Morgan fingerprint density at radius 2 is 1.80 bits per heavy atom. The molecule has 0 spiro atoms. The molecule has 138 valence electrons. The monoisotopic (exact) mass is 348 g/mol. The van der Waals surface area contributed by atoms with E-state index in [1.165, 1.54) is 10.5 Å². The number of carbonyl (C=O) groups is 2. The molecule has 2 rings (SSSR count). The summed E-state index contributed by atoms with van der Waals surface area (Å²) in [5.41, 5.74) is 1.96. The molecule has 1 saturated heterocycles. The molecule has 0 saturated carbocycles. The zero-order valence-corrected chi connectivity index (χ0v) is 15.3. The lowest BCUT2D eigenvalue weighted by Crippen LogP contribution is -3.29. The summed E-state index contributed by atoms with van der Waals surface area (Å²) < 4.78 is 0. The van der Waals surface area contributed by atoms with Crippen LogP contribution in [0.2, 0.25) is 0 Å². The van der Waals surface area contributed by atoms with Crippen molar-refractivity contribution < 1.29 is 24.5 Å². The van der Waals surface area contributed by atoms with Crippen molar-refractivity contribution in [2.45, 2.75) is 38.6 Å². The van der Waals surface area contributed by atoms with Gasteiger partial charge in [0.05, 0.1) is 19.4 Å². The zero-order chi connectivity index (χ0) is 18.2. The SMILES string of the molecule is CCCCc1ccc(NC(=O)C[C@@H](C(=O)[O-])[NH+]2CC[NH+](C)CC2)cc1. The Balaban J connectivity index is 1.89. The third-order valence-electron chi connectivity index (χ3n) is 4.97. The molecule has 6 heteroatoms. The van der Waals surface area contributed by atoms with Crippen LogP contribution in [0.1, 0.15) is 31.7 Å². The van der Waals surface area contributed by atoms with Crippen LogP contribution in [0.25, 0.3) is 0 Å². The Morgan fingerprint density at radius 1 is 1.16 bits per heavy atom. The molecule has 1 aromatic rings. The number of carboxylic acid groups (broad SMARTS) is 1. The van der Waals surface area contributed by atoms with Gasteiger partial charge in [-0.05, 0) is 30.5 Å². The van der Waals surface area contributed by atoms with Gasteiger partial charge in [0.1, 0.15) is 32.2 Å². The standard InChI is InChI=1S/C19H29N3O3/c1-3-4-5-15-6-8-16(9-7-15)20-18(23)14-17(19(24)25)22-12-10-21(2)11-13-22/h6-9,17H,3-5,10-14H2,1-2H3,(H,20,23)(H,24,25)/p+1/t17-/m0/s1. The van der Waals surface area contributed by atoms with E-state index in [4.69, 9.17) is 0 Å². The highest BCUT2D eigenvalue weighted by atomic mass is 16.4. The molecule has 1 amide bonds. The number of nitrogens with one attached hydrogen (secondary N) is 3. The third kappa shape index (κ3) is 6.14. The van der Waals surface area contributed by atoms with Gasteiger partial charge < -0.3 is 25.0 Å². The number of unbranched alkanes of at least 4 members (excludes halogenated alkanes) is 1. The number of likely N-dealkylation sites (N-methyl/N-ethyl adjacent to an activating group) is 1. The average Bonchev–Trinajstić information content (AvgIpc) is 2.60. The average molecular weight is 348 g/mol. The molecule has 0 aliphatic carbocycles. The second-order valence-corrected chi connectivity index (χ2v) is 7.04. The number of hydrogen-bond acceptors (Lipinski definition) is 3. The minimum atomic E-state index is -1.14. The van der Waals surface area contributed by atoms with E-state index >= 15 is 0 Å². The lowest BCUT2D eigenvalue weighted by molar-refractivity contribution is -1.01. The topological polar surface area (TPSA) is 78.1 Å². The molecule has 1 aliphatic heterocycles. The van der Waals surface area contributed by atoms with Crippen LogP contribution in [-0.4, -0.2) is 51.1 Å². The maximum Gasteiger partial charge on any atom is 0.230 e. The van der Waals surface area contributed by atoms with Gasteiger partial charge in [-0.2, -0.15) is 0 Å². The van der Waals surface area contributed by atoms with E-state index < -0.39 is 12.0 Å². The normalized spacial score (nSPS) is 21.5. The molecule has 1 atom stereocenters. The highest BCUT2D eigenvalue weighted by Crippen LogP contribution is 2.12. The second kappa shape index (κ2) is 9.53. The number of benzene rings is 1. The van der Waals surface area contributed by atoms with Crippen LogP contribution in [-0.2, 0) is 16.0 Å². The van der Waals surface area contributed by atoms with Gasteiger partial charge in [0.2, 0.25) is 5.91 Å². The van der Waals surface area contributed by atoms with Crippen molar-refractivity contribution in [3.05, 3.63) is 29.8 Å². The van der Waals surface area contributed by atoms with Crippen LogP contribution in [0.15, 0.2) is 24.3 Å². The Morgan fingerprint density at radius 3 is 2.36 bits per heavy atom. The van der Waals surface area contributed by atoms with Gasteiger partial charge >= 0.3 is 0 Å². The minimum absolute atomic E-state index is 0.0473. The van der Waals surface area contributed by atoms with E-state index in [1.807, 2.05) is 24.3 Å². The number of quaternary nitrogens is 2. The summed E-state index contributed by atoms with van der Waals surface area (Å²) in [5.74, 6) is -1.41. The van der Waals surface area contributed by atoms with Crippen LogP contribution < -0.4 is 20.2 Å². The fraction of sp³-hybridized carbons (Fsp3) is 0.579. The fourth-order valence-corrected chi connectivity index (χ4v) is 3.27. The second-order valence-electron chi connectivity index (χ2n) is 7.04. The number of anilines is 1. The Hall–Kier alpha value is -1.92. The minimum Gasteiger partial charge on any atom is -0.544 e. The summed E-state index contributed by atoms with van der Waals surface area (Å²) in [6, 6.07) is 7.00. The molecule has 0 radical (unpaired) electrons. The van der Waals surface area contributed by atoms with Crippen molar-refractivity contribution in [2.24, 2.45) is 0 Å². The largest absolute Gasteiger partial charge is 0.544 e. The highest BCUT2D eigenvalue weighted by Gasteiger charge is 2.30. The van der Waals surface area contributed by atoms with Crippen LogP contribution in [0, 0.1) is 0 Å². The molecule has 6 nitrogen and oxygen atoms in total. The van der Waals surface area contributed by atoms with E-state index in [1.54, 1.807) is 0 Å². The van der Waals surface area contributed by atoms with Crippen molar-refractivity contribution in [1.29, 1.82) is 0 Å². The van der Waals surface area contributed by atoms with Crippen molar-refractivity contribution in [3.63, 3.8) is 0 Å². The highest BCUT2D eigenvalue weighted by molar-refractivity contribution is 5.93. The van der Waals surface area contributed by atoms with E-state index in [2.05, 4.69) is 19.3 Å². The van der Waals surface area contributed by atoms with E-state index in [0.29, 0.717) is 5.69 Å². The summed E-state index contributed by atoms with van der Waals surface area (Å²) in [6.07, 6.45) is 3.29. The van der Waals surface area contributed by atoms with Crippen LogP contribution in [0.5, 0.6) is 0 Å². The first-order valence-corrected chi connectivity index (χ1v) is 9.25. The molecule has 0 bridgehead atoms. The van der Waals surface area contributed by atoms with E-state index in [0.717, 1.165) is 50.3 Å². The Kier molecular flexibility index (Phi) is 7.40. The van der Waals surface area contributed by atoms with Crippen LogP contribution in [0.4, 0.5) is 5.69 Å². The molecular weight excluding hydrogens is 318 g/mol. The smallest absolute Gasteiger partial charge is 0.230 e. The van der Waals surface area contributed by atoms with Crippen molar-refractivity contribution in [3.8, 4) is 0 Å². The number of hydrogen-bond donors (Lipinski definition) is 3. The maximum absolute atomic E-state index is 12.3. The first-order valence-electron chi connectivity index (χ1n) is 9.25. The molecule has 3 N–H and O–H groups in total. The summed E-state index contributed by atoms with van der Waals surface area (Å²) in [7, 11) is 2.10. The lowest BCUT2D eigenvalue weighted by Gasteiger charge is -2.33. The molecule has 0 aromatic heterocycles. The van der Waals surface area contributed by atoms with Crippen molar-refractivity contribution in [1.82, 2.24) is 0 Å². The number of amides is 1. The molecule has 0 unspecified atom stereocenters. The lowest BCUT2D eigenvalue weighted by atomic mass is 10.1. The zero-order valence-electron chi connectivity index (χ0n) is 15.3. The van der Waals surface area contributed by atoms with Crippen LogP contribution >= 0.6 is 0 Å². The summed E-state index contributed by atoms with van der Waals surface area (Å²) in [5, 5.41) is 14.3. The van der Waals surface area contributed by atoms with E-state index in [-0.39, 0.29) is 12.3 Å². The summed E-state index contributed by atoms with van der Waals surface area (Å²) >= 11 is 0. The molecule has 25 heavy (non-hydrogen) atoms. The van der Waals surface area contributed by atoms with E-state index in [9.17, 15) is 14.7 Å². The first-order chi connectivity index (χ1) is 12.0. The molecular formula is C19H30N3O3+. The summed E-state index contributed by atoms with van der Waals surface area (Å²) in [4.78, 5) is 26.1. The predicted octanol–water partition coefficient (Wildman–Crippen LogP) is -2.11. The fourth-order valence-electron chi connectivity index (χ4n) is 3.27. The van der Waals surface area contributed by atoms with Gasteiger partial charge in [0.25, 0.3) is 0 Å². The molecule has 1 aliphatic rings. The Labute approximate surface area is 149 Å². The van der Waals surface area contributed by atoms with Crippen molar-refractivity contribution in [2.75, 3.05) is 38.5 Å². The number of aliphatic carboxylic acids is 1. The maximum atomic E-state index is 12.3. The first kappa shape index (κ1) is 19.4. The number of piperazine rings is 1. The van der Waals surface area contributed by atoms with Gasteiger partial charge in [0, 0.05) is 5.69 Å². The van der Waals surface area contributed by atoms with Crippen LogP contribution in [0.3, 0.4) is 0 Å². The van der Waals surface area contributed by atoms with Crippen molar-refractivity contribution >= 4 is 17.6 Å². The van der Waals surface area contributed by atoms with Gasteiger partial charge in [-0.1, -0.05) is 25.5 Å². The van der Waals surface area contributed by atoms with Gasteiger partial charge in [-0.25, -0.2) is 0 Å². The third-order valence-corrected chi connectivity index (χ3v) is 4.97. The van der Waals surface area contributed by atoms with Gasteiger partial charge in [-0.3, -0.25) is 4.79 Å².